The molecular formula is C17H17NO3. The molecule has 4 nitrogen and oxygen atoms in total. The molecule has 0 amide bonds. The molecule has 0 aliphatic heterocycles. The zero-order valence-corrected chi connectivity index (χ0v) is 11.9. The normalized spacial score (nSPS) is 10.8. The molecule has 0 bridgehead atoms. The van der Waals surface area contributed by atoms with E-state index < -0.39 is 0 Å². The molecule has 0 unspecified atom stereocenters. The number of hydrogen-bond donors (Lipinski definition) is 2. The van der Waals surface area contributed by atoms with Gasteiger partial charge >= 0.3 is 0 Å². The van der Waals surface area contributed by atoms with E-state index >= 15 is 0 Å². The quantitative estimate of drug-likeness (QED) is 0.668. The van der Waals surface area contributed by atoms with E-state index in [0.29, 0.717) is 0 Å². The van der Waals surface area contributed by atoms with Crippen molar-refractivity contribution < 1.29 is 15.0 Å². The highest BCUT2D eigenvalue weighted by atomic mass is 16.3. The van der Waals surface area contributed by atoms with Gasteiger partial charge < -0.3 is 15.1 Å². The van der Waals surface area contributed by atoms with Gasteiger partial charge in [-0.05, 0) is 35.9 Å². The lowest BCUT2D eigenvalue weighted by molar-refractivity contribution is 0.104. The van der Waals surface area contributed by atoms with Crippen LogP contribution in [0.25, 0.3) is 6.08 Å². The summed E-state index contributed by atoms with van der Waals surface area (Å²) in [6.07, 6.45) is 3.09. The van der Waals surface area contributed by atoms with Gasteiger partial charge in [0.1, 0.15) is 11.5 Å². The van der Waals surface area contributed by atoms with Crippen LogP contribution in [0.1, 0.15) is 15.9 Å². The van der Waals surface area contributed by atoms with Crippen LogP contribution in [-0.2, 0) is 0 Å². The molecule has 0 fully saturated rings. The number of hydrogen-bond acceptors (Lipinski definition) is 4. The summed E-state index contributed by atoms with van der Waals surface area (Å²) in [6.45, 7) is 0. The Kier molecular flexibility index (Phi) is 4.28. The Morgan fingerprint density at radius 2 is 1.71 bits per heavy atom. The number of rotatable bonds is 4. The van der Waals surface area contributed by atoms with Gasteiger partial charge in [0.15, 0.2) is 5.78 Å². The van der Waals surface area contributed by atoms with Crippen molar-refractivity contribution >= 4 is 17.5 Å². The van der Waals surface area contributed by atoms with Crippen LogP contribution in [0.5, 0.6) is 11.5 Å². The van der Waals surface area contributed by atoms with Crippen LogP contribution in [-0.4, -0.2) is 30.1 Å². The third kappa shape index (κ3) is 3.63. The zero-order chi connectivity index (χ0) is 15.4. The molecule has 0 aliphatic carbocycles. The van der Waals surface area contributed by atoms with Crippen LogP contribution in [0.2, 0.25) is 0 Å². The van der Waals surface area contributed by atoms with Crippen LogP contribution in [0.4, 0.5) is 5.69 Å². The summed E-state index contributed by atoms with van der Waals surface area (Å²) in [5.41, 5.74) is 2.14. The van der Waals surface area contributed by atoms with E-state index in [1.54, 1.807) is 6.08 Å². The van der Waals surface area contributed by atoms with Crippen LogP contribution in [0.15, 0.2) is 48.5 Å². The topological polar surface area (TPSA) is 60.8 Å². The van der Waals surface area contributed by atoms with Crippen molar-refractivity contribution in [1.82, 2.24) is 0 Å². The van der Waals surface area contributed by atoms with Gasteiger partial charge in [0.25, 0.3) is 0 Å². The van der Waals surface area contributed by atoms with E-state index in [9.17, 15) is 15.0 Å². The first-order chi connectivity index (χ1) is 9.97. The maximum absolute atomic E-state index is 12.0. The second-order valence-electron chi connectivity index (χ2n) is 4.88. The molecule has 2 N–H and O–H groups in total. The molecule has 0 heterocycles. The van der Waals surface area contributed by atoms with Crippen molar-refractivity contribution in [3.63, 3.8) is 0 Å². The van der Waals surface area contributed by atoms with Crippen molar-refractivity contribution in [2.24, 2.45) is 0 Å². The molecule has 0 aromatic heterocycles. The smallest absolute Gasteiger partial charge is 0.189 e. The Morgan fingerprint density at radius 3 is 2.29 bits per heavy atom. The van der Waals surface area contributed by atoms with Gasteiger partial charge in [-0.3, -0.25) is 4.79 Å². The number of nitrogens with zero attached hydrogens (tertiary/aromatic N) is 1. The molecule has 21 heavy (non-hydrogen) atoms. The number of carbonyl (C=O) groups is 1. The molecule has 4 heteroatoms. The van der Waals surface area contributed by atoms with E-state index in [-0.39, 0.29) is 22.8 Å². The SMILES string of the molecule is CN(C)c1ccc(C=CC(=O)c2ccc(O)cc2O)cc1. The van der Waals surface area contributed by atoms with E-state index in [1.165, 1.54) is 18.2 Å². The van der Waals surface area contributed by atoms with E-state index in [4.69, 9.17) is 0 Å². The molecule has 108 valence electrons. The van der Waals surface area contributed by atoms with Crippen molar-refractivity contribution in [2.45, 2.75) is 0 Å². The summed E-state index contributed by atoms with van der Waals surface area (Å²) in [6, 6.07) is 11.7. The summed E-state index contributed by atoms with van der Waals surface area (Å²) in [5.74, 6) is -0.621. The highest BCUT2D eigenvalue weighted by Crippen LogP contribution is 2.23. The van der Waals surface area contributed by atoms with Crippen LogP contribution in [0.3, 0.4) is 0 Å². The zero-order valence-electron chi connectivity index (χ0n) is 11.9. The monoisotopic (exact) mass is 283 g/mol. The van der Waals surface area contributed by atoms with Gasteiger partial charge in [-0.1, -0.05) is 18.2 Å². The molecule has 2 aromatic carbocycles. The molecule has 0 saturated carbocycles. The Balaban J connectivity index is 2.15. The molecule has 0 spiro atoms. The molecule has 0 atom stereocenters. The minimum atomic E-state index is -0.316. The summed E-state index contributed by atoms with van der Waals surface area (Å²) in [5, 5.41) is 18.8. The number of aromatic hydroxyl groups is 2. The first-order valence-corrected chi connectivity index (χ1v) is 6.49. The highest BCUT2D eigenvalue weighted by molar-refractivity contribution is 6.08. The average Bonchev–Trinajstić information content (AvgIpc) is 2.45. The molecule has 0 radical (unpaired) electrons. The van der Waals surface area contributed by atoms with Crippen LogP contribution < -0.4 is 4.90 Å². The minimum Gasteiger partial charge on any atom is -0.508 e. The highest BCUT2D eigenvalue weighted by Gasteiger charge is 2.08. The summed E-state index contributed by atoms with van der Waals surface area (Å²) < 4.78 is 0. The molecular weight excluding hydrogens is 266 g/mol. The van der Waals surface area contributed by atoms with Gasteiger partial charge in [-0.2, -0.15) is 0 Å². The van der Waals surface area contributed by atoms with E-state index in [0.717, 1.165) is 17.3 Å². The molecule has 2 aromatic rings. The van der Waals surface area contributed by atoms with Gasteiger partial charge in [0, 0.05) is 25.8 Å². The molecule has 0 saturated heterocycles. The lowest BCUT2D eigenvalue weighted by Gasteiger charge is -2.11. The largest absolute Gasteiger partial charge is 0.508 e. The Morgan fingerprint density at radius 1 is 1.05 bits per heavy atom. The fourth-order valence-corrected chi connectivity index (χ4v) is 1.87. The number of carbonyl (C=O) groups excluding carboxylic acids is 1. The fraction of sp³-hybridized carbons (Fsp3) is 0.118. The minimum absolute atomic E-state index is 0.0766. The van der Waals surface area contributed by atoms with E-state index in [1.807, 2.05) is 43.3 Å². The van der Waals surface area contributed by atoms with Gasteiger partial charge in [0.05, 0.1) is 5.56 Å². The Bertz CT molecular complexity index is 673. The second kappa shape index (κ2) is 6.13. The molecule has 0 aliphatic rings. The average molecular weight is 283 g/mol. The second-order valence-corrected chi connectivity index (χ2v) is 4.88. The van der Waals surface area contributed by atoms with Gasteiger partial charge in [-0.25, -0.2) is 0 Å². The standard InChI is InChI=1S/C17H17NO3/c1-18(2)13-6-3-12(4-7-13)5-10-16(20)15-9-8-14(19)11-17(15)21/h3-11,19,21H,1-2H3. The molecule has 2 rings (SSSR count). The van der Waals surface area contributed by atoms with Crippen molar-refractivity contribution in [3.8, 4) is 11.5 Å². The van der Waals surface area contributed by atoms with Gasteiger partial charge in [0.2, 0.25) is 0 Å². The van der Waals surface area contributed by atoms with Crippen LogP contribution in [0, 0.1) is 0 Å². The number of allylic oxidation sites excluding steroid dienone is 1. The summed E-state index contributed by atoms with van der Waals surface area (Å²) in [4.78, 5) is 14.0. The summed E-state index contributed by atoms with van der Waals surface area (Å²) in [7, 11) is 3.92. The lowest BCUT2D eigenvalue weighted by atomic mass is 10.1. The maximum atomic E-state index is 12.0. The number of anilines is 1. The number of ketones is 1. The Hall–Kier alpha value is -2.75. The number of phenolic OH excluding ortho intramolecular Hbond substituents is 2. The maximum Gasteiger partial charge on any atom is 0.189 e. The van der Waals surface area contributed by atoms with E-state index in [2.05, 4.69) is 0 Å². The van der Waals surface area contributed by atoms with Gasteiger partial charge in [-0.15, -0.1) is 0 Å². The number of phenols is 2. The first kappa shape index (κ1) is 14.7. The summed E-state index contributed by atoms with van der Waals surface area (Å²) >= 11 is 0. The van der Waals surface area contributed by atoms with Crippen LogP contribution >= 0.6 is 0 Å². The predicted molar refractivity (Wildman–Crippen MR) is 83.9 cm³/mol. The lowest BCUT2D eigenvalue weighted by Crippen LogP contribution is -2.07. The van der Waals surface area contributed by atoms with Crippen molar-refractivity contribution in [1.29, 1.82) is 0 Å². The first-order valence-electron chi connectivity index (χ1n) is 6.49. The van der Waals surface area contributed by atoms with Crippen molar-refractivity contribution in [2.75, 3.05) is 19.0 Å². The third-order valence-corrected chi connectivity index (χ3v) is 3.08. The Labute approximate surface area is 123 Å². The van der Waals surface area contributed by atoms with Crippen molar-refractivity contribution in [3.05, 3.63) is 59.7 Å². The fourth-order valence-electron chi connectivity index (χ4n) is 1.87. The number of benzene rings is 2. The third-order valence-electron chi connectivity index (χ3n) is 3.08. The predicted octanol–water partition coefficient (Wildman–Crippen LogP) is 3.06.